The lowest BCUT2D eigenvalue weighted by atomic mass is 10.1. The lowest BCUT2D eigenvalue weighted by Crippen LogP contribution is -2.17. The van der Waals surface area contributed by atoms with E-state index in [9.17, 15) is 9.59 Å². The van der Waals surface area contributed by atoms with Gasteiger partial charge in [0.05, 0.1) is 60.6 Å². The van der Waals surface area contributed by atoms with Gasteiger partial charge in [-0.1, -0.05) is 36.5 Å². The van der Waals surface area contributed by atoms with Gasteiger partial charge < -0.3 is 52.1 Å². The molecule has 0 N–H and O–H groups in total. The second-order valence-electron chi connectivity index (χ2n) is 14.0. The number of carbonyl (C=O) groups excluding carboxylic acids is 2. The predicted molar refractivity (Wildman–Crippen MR) is 222 cm³/mol. The Kier molecular flexibility index (Phi) is 14.3. The fourth-order valence-electron chi connectivity index (χ4n) is 5.73. The number of hydrogen-bond donors (Lipinski definition) is 0. The third kappa shape index (κ3) is 12.7. The Bertz CT molecular complexity index is 2240. The van der Waals surface area contributed by atoms with Gasteiger partial charge in [0.25, 0.3) is 0 Å². The van der Waals surface area contributed by atoms with Crippen molar-refractivity contribution in [3.8, 4) is 23.0 Å². The Balaban J connectivity index is 0.957. The summed E-state index contributed by atoms with van der Waals surface area (Å²) in [5.41, 5.74) is 2.82. The maximum absolute atomic E-state index is 13.8. The van der Waals surface area contributed by atoms with Crippen LogP contribution in [0.1, 0.15) is 45.2 Å². The average Bonchev–Trinajstić information content (AvgIpc) is 4.17. The van der Waals surface area contributed by atoms with E-state index in [1.807, 2.05) is 41.4 Å². The van der Waals surface area contributed by atoms with Crippen LogP contribution in [-0.4, -0.2) is 108 Å². The summed E-state index contributed by atoms with van der Waals surface area (Å²) in [4.78, 5) is 31.5. The van der Waals surface area contributed by atoms with E-state index in [2.05, 4.69) is 6.92 Å². The lowest BCUT2D eigenvalue weighted by molar-refractivity contribution is -0.0378. The van der Waals surface area contributed by atoms with Gasteiger partial charge in [0.15, 0.2) is 38.2 Å². The molecule has 61 heavy (non-hydrogen) atoms. The van der Waals surface area contributed by atoms with Crippen molar-refractivity contribution in [2.45, 2.75) is 38.3 Å². The number of rotatable bonds is 25. The number of benzene rings is 4. The monoisotopic (exact) mass is 855 g/mol. The van der Waals surface area contributed by atoms with Gasteiger partial charge in [-0.25, -0.2) is 19.6 Å². The Hall–Kier alpha value is -5.66. The van der Waals surface area contributed by atoms with Gasteiger partial charge in [-0.15, -0.1) is 0 Å². The van der Waals surface area contributed by atoms with Gasteiger partial charge in [0.2, 0.25) is 5.13 Å². The number of aromatic nitrogens is 1. The molecule has 16 nitrogen and oxygen atoms in total. The van der Waals surface area contributed by atoms with Gasteiger partial charge in [-0.3, -0.25) is 0 Å². The van der Waals surface area contributed by atoms with Gasteiger partial charge in [-0.2, -0.15) is 5.10 Å². The molecule has 3 atom stereocenters. The lowest BCUT2D eigenvalue weighted by Gasteiger charge is -2.16. The molecule has 1 aromatic heterocycles. The van der Waals surface area contributed by atoms with Gasteiger partial charge in [-0.05, 0) is 78.7 Å². The summed E-state index contributed by atoms with van der Waals surface area (Å²) in [7, 11) is 0. The summed E-state index contributed by atoms with van der Waals surface area (Å²) >= 11 is 1.54. The number of anilines is 1. The molecule has 0 saturated carbocycles. The Morgan fingerprint density at radius 3 is 2.26 bits per heavy atom. The fraction of sp³-hybridized carbons (Fsp3) is 0.364. The van der Waals surface area contributed by atoms with E-state index in [-0.39, 0.29) is 62.5 Å². The Morgan fingerprint density at radius 1 is 0.803 bits per heavy atom. The number of ether oxygens (including phenoxy) is 11. The molecule has 17 heteroatoms. The van der Waals surface area contributed by atoms with E-state index < -0.39 is 11.9 Å². The molecule has 0 amide bonds. The fourth-order valence-corrected chi connectivity index (χ4v) is 6.68. The number of fused-ring (bicyclic) bond motifs is 1. The van der Waals surface area contributed by atoms with E-state index in [1.165, 1.54) is 17.4 Å². The zero-order valence-corrected chi connectivity index (χ0v) is 34.3. The molecule has 3 unspecified atom stereocenters. The van der Waals surface area contributed by atoms with E-state index >= 15 is 0 Å². The molecule has 320 valence electrons. The van der Waals surface area contributed by atoms with Crippen molar-refractivity contribution in [1.29, 1.82) is 0 Å². The third-order valence-electron chi connectivity index (χ3n) is 9.24. The van der Waals surface area contributed by atoms with Crippen LogP contribution in [0.5, 0.6) is 23.0 Å². The predicted octanol–water partition coefficient (Wildman–Crippen LogP) is 6.38. The van der Waals surface area contributed by atoms with Crippen molar-refractivity contribution in [1.82, 2.24) is 4.98 Å². The molecule has 3 aliphatic heterocycles. The van der Waals surface area contributed by atoms with Crippen LogP contribution in [0.4, 0.5) is 5.13 Å². The topological polar surface area (TPSA) is 174 Å². The summed E-state index contributed by atoms with van der Waals surface area (Å²) in [6.45, 7) is 5.43. The summed E-state index contributed by atoms with van der Waals surface area (Å²) in [5, 5.41) is 7.39. The number of hydrogen-bond acceptors (Lipinski definition) is 17. The van der Waals surface area contributed by atoms with Crippen LogP contribution in [0.15, 0.2) is 90.0 Å². The summed E-state index contributed by atoms with van der Waals surface area (Å²) in [5.74, 6) is 0.323. The van der Waals surface area contributed by atoms with E-state index in [1.54, 1.807) is 48.7 Å². The summed E-state index contributed by atoms with van der Waals surface area (Å²) in [6.07, 6.45) is 2.76. The van der Waals surface area contributed by atoms with Crippen LogP contribution in [0.25, 0.3) is 10.2 Å². The third-order valence-corrected chi connectivity index (χ3v) is 10.3. The van der Waals surface area contributed by atoms with Gasteiger partial charge in [0, 0.05) is 18.5 Å². The molecule has 4 heterocycles. The maximum Gasteiger partial charge on any atom is 0.343 e. The molecule has 0 spiro atoms. The first-order chi connectivity index (χ1) is 30.0. The van der Waals surface area contributed by atoms with Crippen molar-refractivity contribution >= 4 is 44.8 Å². The first-order valence-electron chi connectivity index (χ1n) is 19.9. The van der Waals surface area contributed by atoms with Crippen molar-refractivity contribution in [2.75, 3.05) is 71.6 Å². The van der Waals surface area contributed by atoms with E-state index in [4.69, 9.17) is 62.2 Å². The highest BCUT2D eigenvalue weighted by atomic mass is 32.1. The number of nitrogens with zero attached hydrogens (tertiary/aromatic N) is 3. The number of esters is 2. The summed E-state index contributed by atoms with van der Waals surface area (Å²) in [6, 6.07) is 24.6. The largest absolute Gasteiger partial charge is 0.468 e. The molecule has 0 aliphatic carbocycles. The SMILES string of the molecule is CCCN(/N=C/c1cc(CCOC(=O)c2ccc(OCOCC3CO3)cc2)ccc1OC(=O)c1ccc(OCOC2CO2)c(OCOCC2CO2)c1)c1nc2ccccc2s1. The zero-order valence-electron chi connectivity index (χ0n) is 33.4. The molecule has 0 bridgehead atoms. The van der Waals surface area contributed by atoms with Crippen LogP contribution >= 0.6 is 11.3 Å². The van der Waals surface area contributed by atoms with E-state index in [0.717, 1.165) is 27.3 Å². The standard InChI is InChI=1S/C44H45N3O13S/c1-2-16-47(44-46-36-5-3-4-6-40(36)61-44)45-20-32-18-29(15-17-52-42(48)30-8-11-33(12-9-30)56-26-50-21-34-23-53-34)7-13-37(32)60-43(49)31-10-14-38(58-28-59-41-25-55-41)39(19-31)57-27-51-22-35-24-54-35/h3-14,18-20,34-35,41H,2,15-17,21-28H2,1H3/b45-20+. The molecular weight excluding hydrogens is 811 g/mol. The second-order valence-corrected chi connectivity index (χ2v) is 15.0. The molecule has 3 fully saturated rings. The van der Waals surface area contributed by atoms with Crippen LogP contribution < -0.4 is 24.0 Å². The van der Waals surface area contributed by atoms with Crippen molar-refractivity contribution in [3.05, 3.63) is 107 Å². The molecule has 8 rings (SSSR count). The molecule has 5 aromatic rings. The van der Waals surface area contributed by atoms with Crippen molar-refractivity contribution in [2.24, 2.45) is 5.10 Å². The minimum atomic E-state index is -0.643. The van der Waals surface area contributed by atoms with E-state index in [0.29, 0.717) is 68.6 Å². The zero-order chi connectivity index (χ0) is 41.8. The molecule has 3 aliphatic rings. The number of hydrazone groups is 1. The smallest absolute Gasteiger partial charge is 0.343 e. The normalized spacial score (nSPS) is 17.6. The van der Waals surface area contributed by atoms with Crippen molar-refractivity contribution < 1.29 is 61.7 Å². The summed E-state index contributed by atoms with van der Waals surface area (Å²) < 4.78 is 61.7. The number of para-hydroxylation sites is 1. The Labute approximate surface area is 355 Å². The molecule has 3 saturated heterocycles. The van der Waals surface area contributed by atoms with Crippen LogP contribution in [0, 0.1) is 0 Å². The first kappa shape index (κ1) is 42.0. The van der Waals surface area contributed by atoms with Crippen LogP contribution in [0.2, 0.25) is 0 Å². The highest BCUT2D eigenvalue weighted by Crippen LogP contribution is 2.32. The van der Waals surface area contributed by atoms with Crippen molar-refractivity contribution in [3.63, 3.8) is 0 Å². The van der Waals surface area contributed by atoms with Crippen LogP contribution in [0.3, 0.4) is 0 Å². The molecule has 4 aromatic carbocycles. The highest BCUT2D eigenvalue weighted by molar-refractivity contribution is 7.22. The second kappa shape index (κ2) is 20.7. The first-order valence-corrected chi connectivity index (χ1v) is 20.7. The molecule has 0 radical (unpaired) electrons. The minimum absolute atomic E-state index is 0.0602. The quantitative estimate of drug-likeness (QED) is 0.0120. The number of carbonyl (C=O) groups is 2. The minimum Gasteiger partial charge on any atom is -0.468 e. The van der Waals surface area contributed by atoms with Gasteiger partial charge in [0.1, 0.15) is 30.3 Å². The average molecular weight is 856 g/mol. The Morgan fingerprint density at radius 2 is 1.52 bits per heavy atom. The highest BCUT2D eigenvalue weighted by Gasteiger charge is 2.25. The number of thiazole rings is 1. The maximum atomic E-state index is 13.8. The van der Waals surface area contributed by atoms with Gasteiger partial charge >= 0.3 is 11.9 Å². The molecular formula is C44H45N3O13S. The number of epoxide rings is 3. The van der Waals surface area contributed by atoms with Crippen LogP contribution in [-0.2, 0) is 39.6 Å².